The molecule has 2 aromatic carbocycles. The molecule has 1 saturated heterocycles. The van der Waals surface area contributed by atoms with Gasteiger partial charge in [-0.05, 0) is 40.8 Å². The standard InChI is InChI=1S/C24H33N3O4S/c1-24(2,3)20-7-11-22(12-8-20)32(29,30)27-15-13-26(14-16-27)18-23(28)25-17-19-5-9-21(31-4)10-6-19/h5-12H,13-18H2,1-4H3,(H,25,28). The van der Waals surface area contributed by atoms with E-state index < -0.39 is 10.0 Å². The number of rotatable bonds is 7. The summed E-state index contributed by atoms with van der Waals surface area (Å²) in [5.41, 5.74) is 2.07. The molecule has 1 N–H and O–H groups in total. The maximum atomic E-state index is 13.0. The lowest BCUT2D eigenvalue weighted by atomic mass is 9.87. The first-order valence-electron chi connectivity index (χ1n) is 10.8. The normalized spacial score (nSPS) is 16.0. The smallest absolute Gasteiger partial charge is 0.243 e. The first-order valence-corrected chi connectivity index (χ1v) is 12.3. The Morgan fingerprint density at radius 3 is 2.09 bits per heavy atom. The molecule has 0 aromatic heterocycles. The molecule has 8 heteroatoms. The average molecular weight is 460 g/mol. The van der Waals surface area contributed by atoms with Crippen molar-refractivity contribution in [1.82, 2.24) is 14.5 Å². The summed E-state index contributed by atoms with van der Waals surface area (Å²) in [6, 6.07) is 14.7. The highest BCUT2D eigenvalue weighted by Gasteiger charge is 2.29. The summed E-state index contributed by atoms with van der Waals surface area (Å²) >= 11 is 0. The van der Waals surface area contributed by atoms with E-state index in [0.29, 0.717) is 37.6 Å². The van der Waals surface area contributed by atoms with Crippen molar-refractivity contribution in [2.75, 3.05) is 39.8 Å². The summed E-state index contributed by atoms with van der Waals surface area (Å²) < 4.78 is 32.6. The predicted octanol–water partition coefficient (Wildman–Crippen LogP) is 2.62. The zero-order valence-corrected chi connectivity index (χ0v) is 20.1. The van der Waals surface area contributed by atoms with Gasteiger partial charge >= 0.3 is 0 Å². The second kappa shape index (κ2) is 10.0. The van der Waals surface area contributed by atoms with Gasteiger partial charge in [-0.2, -0.15) is 4.31 Å². The van der Waals surface area contributed by atoms with Gasteiger partial charge in [0.15, 0.2) is 0 Å². The molecule has 1 aliphatic heterocycles. The van der Waals surface area contributed by atoms with Crippen LogP contribution in [0.1, 0.15) is 31.9 Å². The molecule has 0 saturated carbocycles. The van der Waals surface area contributed by atoms with E-state index in [1.165, 1.54) is 4.31 Å². The molecule has 7 nitrogen and oxygen atoms in total. The van der Waals surface area contributed by atoms with Crippen molar-refractivity contribution >= 4 is 15.9 Å². The number of hydrogen-bond donors (Lipinski definition) is 1. The number of ether oxygens (including phenoxy) is 1. The molecule has 0 unspecified atom stereocenters. The van der Waals surface area contributed by atoms with E-state index in [1.54, 1.807) is 19.2 Å². The zero-order chi connectivity index (χ0) is 23.4. The van der Waals surface area contributed by atoms with Crippen LogP contribution in [0.3, 0.4) is 0 Å². The number of carbonyl (C=O) groups is 1. The summed E-state index contributed by atoms with van der Waals surface area (Å²) in [5.74, 6) is 0.702. The molecule has 1 aliphatic rings. The van der Waals surface area contributed by atoms with Crippen LogP contribution in [0.2, 0.25) is 0 Å². The average Bonchev–Trinajstić information content (AvgIpc) is 2.78. The molecule has 0 atom stereocenters. The fourth-order valence-corrected chi connectivity index (χ4v) is 5.03. The molecule has 0 aliphatic carbocycles. The summed E-state index contributed by atoms with van der Waals surface area (Å²) in [5, 5.41) is 2.92. The summed E-state index contributed by atoms with van der Waals surface area (Å²) in [6.07, 6.45) is 0. The first-order chi connectivity index (χ1) is 15.1. The topological polar surface area (TPSA) is 79.0 Å². The lowest BCUT2D eigenvalue weighted by Gasteiger charge is -2.33. The van der Waals surface area contributed by atoms with Gasteiger partial charge in [0, 0.05) is 32.7 Å². The van der Waals surface area contributed by atoms with E-state index in [0.717, 1.165) is 16.9 Å². The summed E-state index contributed by atoms with van der Waals surface area (Å²) in [6.45, 7) is 8.79. The van der Waals surface area contributed by atoms with Crippen LogP contribution in [0.15, 0.2) is 53.4 Å². The third-order valence-electron chi connectivity index (χ3n) is 5.71. The maximum absolute atomic E-state index is 13.0. The monoisotopic (exact) mass is 459 g/mol. The molecule has 1 amide bonds. The largest absolute Gasteiger partial charge is 0.497 e. The minimum absolute atomic E-state index is 0.0259. The van der Waals surface area contributed by atoms with Crippen LogP contribution in [0.25, 0.3) is 0 Å². The first kappa shape index (κ1) is 24.2. The van der Waals surface area contributed by atoms with Crippen molar-refractivity contribution in [1.29, 1.82) is 0 Å². The van der Waals surface area contributed by atoms with Gasteiger partial charge in [-0.25, -0.2) is 8.42 Å². The predicted molar refractivity (Wildman–Crippen MR) is 125 cm³/mol. The molecular weight excluding hydrogens is 426 g/mol. The van der Waals surface area contributed by atoms with Gasteiger partial charge in [0.1, 0.15) is 5.75 Å². The Balaban J connectivity index is 1.49. The van der Waals surface area contributed by atoms with Crippen molar-refractivity contribution in [2.24, 2.45) is 0 Å². The van der Waals surface area contributed by atoms with E-state index in [2.05, 4.69) is 26.1 Å². The van der Waals surface area contributed by atoms with Crippen LogP contribution in [-0.2, 0) is 26.8 Å². The molecule has 1 fully saturated rings. The highest BCUT2D eigenvalue weighted by Crippen LogP contribution is 2.25. The van der Waals surface area contributed by atoms with Crippen LogP contribution >= 0.6 is 0 Å². The summed E-state index contributed by atoms with van der Waals surface area (Å²) in [7, 11) is -1.92. The molecule has 1 heterocycles. The maximum Gasteiger partial charge on any atom is 0.243 e. The zero-order valence-electron chi connectivity index (χ0n) is 19.3. The van der Waals surface area contributed by atoms with Crippen molar-refractivity contribution in [3.8, 4) is 5.75 Å². The van der Waals surface area contributed by atoms with E-state index in [9.17, 15) is 13.2 Å². The number of piperazine rings is 1. The number of hydrogen-bond acceptors (Lipinski definition) is 5. The highest BCUT2D eigenvalue weighted by atomic mass is 32.2. The minimum atomic E-state index is -3.53. The molecule has 0 spiro atoms. The van der Waals surface area contributed by atoms with Gasteiger partial charge < -0.3 is 10.1 Å². The number of nitrogens with one attached hydrogen (secondary N) is 1. The molecular formula is C24H33N3O4S. The molecule has 2 aromatic rings. The number of nitrogens with zero attached hydrogens (tertiary/aromatic N) is 2. The van der Waals surface area contributed by atoms with Gasteiger partial charge in [-0.3, -0.25) is 9.69 Å². The van der Waals surface area contributed by atoms with E-state index in [1.807, 2.05) is 41.3 Å². The Labute approximate surface area is 191 Å². The number of sulfonamides is 1. The van der Waals surface area contributed by atoms with Gasteiger partial charge in [-0.15, -0.1) is 0 Å². The van der Waals surface area contributed by atoms with E-state index in [4.69, 9.17) is 4.74 Å². The second-order valence-corrected chi connectivity index (χ2v) is 11.0. The molecule has 0 radical (unpaired) electrons. The van der Waals surface area contributed by atoms with Gasteiger partial charge in [0.25, 0.3) is 0 Å². The fraction of sp³-hybridized carbons (Fsp3) is 0.458. The van der Waals surface area contributed by atoms with Crippen molar-refractivity contribution < 1.29 is 17.9 Å². The van der Waals surface area contributed by atoms with Crippen molar-refractivity contribution in [3.05, 3.63) is 59.7 Å². The number of amides is 1. The van der Waals surface area contributed by atoms with Crippen LogP contribution in [-0.4, -0.2) is 63.4 Å². The highest BCUT2D eigenvalue weighted by molar-refractivity contribution is 7.89. The third kappa shape index (κ3) is 6.09. The van der Waals surface area contributed by atoms with Gasteiger partial charge in [-0.1, -0.05) is 45.0 Å². The van der Waals surface area contributed by atoms with E-state index >= 15 is 0 Å². The lowest BCUT2D eigenvalue weighted by molar-refractivity contribution is -0.122. The second-order valence-electron chi connectivity index (χ2n) is 9.08. The number of carbonyl (C=O) groups excluding carboxylic acids is 1. The van der Waals surface area contributed by atoms with E-state index in [-0.39, 0.29) is 17.9 Å². The fourth-order valence-electron chi connectivity index (χ4n) is 3.61. The quantitative estimate of drug-likeness (QED) is 0.689. The van der Waals surface area contributed by atoms with Crippen molar-refractivity contribution in [2.45, 2.75) is 37.6 Å². The minimum Gasteiger partial charge on any atom is -0.497 e. The molecule has 174 valence electrons. The number of benzene rings is 2. The molecule has 3 rings (SSSR count). The Bertz CT molecular complexity index is 1000. The van der Waals surface area contributed by atoms with Gasteiger partial charge in [0.05, 0.1) is 18.6 Å². The van der Waals surface area contributed by atoms with Crippen LogP contribution < -0.4 is 10.1 Å². The van der Waals surface area contributed by atoms with Crippen molar-refractivity contribution in [3.63, 3.8) is 0 Å². The Hall–Kier alpha value is -2.42. The summed E-state index contributed by atoms with van der Waals surface area (Å²) in [4.78, 5) is 14.6. The molecule has 32 heavy (non-hydrogen) atoms. The SMILES string of the molecule is COc1ccc(CNC(=O)CN2CCN(S(=O)(=O)c3ccc(C(C)(C)C)cc3)CC2)cc1. The third-order valence-corrected chi connectivity index (χ3v) is 7.62. The van der Waals surface area contributed by atoms with Gasteiger partial charge in [0.2, 0.25) is 15.9 Å². The van der Waals surface area contributed by atoms with Crippen LogP contribution in [0, 0.1) is 0 Å². The van der Waals surface area contributed by atoms with Crippen LogP contribution in [0.4, 0.5) is 0 Å². The molecule has 0 bridgehead atoms. The van der Waals surface area contributed by atoms with Crippen LogP contribution in [0.5, 0.6) is 5.75 Å². The Morgan fingerprint density at radius 1 is 0.969 bits per heavy atom. The lowest BCUT2D eigenvalue weighted by Crippen LogP contribution is -2.50. The Morgan fingerprint density at radius 2 is 1.56 bits per heavy atom. The Kier molecular flexibility index (Phi) is 7.59. The number of methoxy groups -OCH3 is 1.